The number of hydrogen-bond acceptors (Lipinski definition) is 14. The van der Waals surface area contributed by atoms with Gasteiger partial charge in [0, 0.05) is 85.4 Å². The summed E-state index contributed by atoms with van der Waals surface area (Å²) >= 11 is 5.58. The molecule has 0 aliphatic carbocycles. The Bertz CT molecular complexity index is 3250. The first kappa shape index (κ1) is 58.4. The predicted octanol–water partition coefficient (Wildman–Crippen LogP) is 5.60. The van der Waals surface area contributed by atoms with Crippen molar-refractivity contribution in [2.24, 2.45) is 19.2 Å². The van der Waals surface area contributed by atoms with Crippen LogP contribution in [0.3, 0.4) is 0 Å². The number of ether oxygens (including phenoxy) is 2. The van der Waals surface area contributed by atoms with Gasteiger partial charge in [0.15, 0.2) is 10.1 Å². The monoisotopic (exact) mass is 1070 g/mol. The van der Waals surface area contributed by atoms with Crippen LogP contribution < -0.4 is 19.3 Å². The molecule has 6 rings (SSSR count). The van der Waals surface area contributed by atoms with Gasteiger partial charge in [0.1, 0.15) is 23.0 Å². The largest absolute Gasteiger partial charge is 0.481 e. The quantitative estimate of drug-likeness (QED) is 0.119. The summed E-state index contributed by atoms with van der Waals surface area (Å²) in [5, 5.41) is 11.2. The average Bonchev–Trinajstić information content (AvgIpc) is 3.92. The molecule has 0 spiro atoms. The van der Waals surface area contributed by atoms with Crippen LogP contribution in [0.15, 0.2) is 83.1 Å². The highest BCUT2D eigenvalue weighted by Crippen LogP contribution is 2.35. The fourth-order valence-corrected chi connectivity index (χ4v) is 8.80. The van der Waals surface area contributed by atoms with E-state index in [1.165, 1.54) is 87.4 Å². The maximum Gasteiger partial charge on any atom is 0.283 e. The Morgan fingerprint density at radius 3 is 1.42 bits per heavy atom. The number of primary sulfonamides is 1. The Hall–Kier alpha value is -7.15. The molecule has 0 saturated carbocycles. The van der Waals surface area contributed by atoms with Gasteiger partial charge in [-0.25, -0.2) is 37.0 Å². The highest BCUT2D eigenvalue weighted by atomic mass is 35.5. The van der Waals surface area contributed by atoms with Gasteiger partial charge < -0.3 is 19.3 Å². The van der Waals surface area contributed by atoms with Crippen molar-refractivity contribution in [2.75, 3.05) is 42.4 Å². The molecule has 0 bridgehead atoms. The zero-order chi connectivity index (χ0) is 54.9. The van der Waals surface area contributed by atoms with Gasteiger partial charge in [-0.2, -0.15) is 18.6 Å². The summed E-state index contributed by atoms with van der Waals surface area (Å²) in [7, 11) is 3.80. The molecule has 0 atom stereocenters. The van der Waals surface area contributed by atoms with Gasteiger partial charge in [-0.05, 0) is 104 Å². The molecular weight excluding hydrogens is 1010 g/mol. The number of nitrogens with one attached hydrogen (secondary N) is 1. The van der Waals surface area contributed by atoms with E-state index in [0.29, 0.717) is 39.6 Å². The zero-order valence-electron chi connectivity index (χ0n) is 42.2. The normalized spacial score (nSPS) is 11.3. The van der Waals surface area contributed by atoms with Gasteiger partial charge in [-0.3, -0.25) is 28.5 Å². The summed E-state index contributed by atoms with van der Waals surface area (Å²) in [6.45, 7) is 7.60. The lowest BCUT2D eigenvalue weighted by Gasteiger charge is -2.18. The Labute approximate surface area is 427 Å². The van der Waals surface area contributed by atoms with E-state index in [1.54, 1.807) is 44.6 Å². The van der Waals surface area contributed by atoms with Crippen LogP contribution in [0.2, 0.25) is 0 Å². The molecule has 4 aromatic heterocycles. The molecule has 25 heteroatoms. The van der Waals surface area contributed by atoms with Gasteiger partial charge in [-0.15, -0.1) is 0 Å². The number of pyridine rings is 2. The second kappa shape index (κ2) is 24.5. The maximum atomic E-state index is 14.5. The SMILES string of the molecule is CN(C)C(=O)c1cc(S(N)(=O)=O)nn1C.COc1cc(-c2cc(F)cc(C(C)C)c2CC(=O)Cl)ccn1.COc1cc(-c2cc(F)cc(C(C)C)c2CC(=O)NS(=O)(=O)c2cc(C(=O)N(C)C)n(C)n2)ccn1. The summed E-state index contributed by atoms with van der Waals surface area (Å²) in [6, 6.07) is 14.5. The van der Waals surface area contributed by atoms with Crippen molar-refractivity contribution < 1.29 is 54.3 Å². The van der Waals surface area contributed by atoms with Crippen LogP contribution in [0.25, 0.3) is 22.3 Å². The van der Waals surface area contributed by atoms with Crippen molar-refractivity contribution >= 4 is 54.6 Å². The minimum Gasteiger partial charge on any atom is -0.481 e. The summed E-state index contributed by atoms with van der Waals surface area (Å²) in [5.41, 5.74) is 5.12. The number of halogens is 3. The number of carbonyl (C=O) groups excluding carboxylic acids is 4. The standard InChI is InChI=1S/C24H28FN5O5S.C17H17ClFNO2.C7H12N4O3S/c1-14(2)17-10-16(25)11-18(15-7-8-26-22(9-15)35-6)19(17)12-21(31)28-36(33,34)23-13-20(30(5)27-23)24(32)29(3)4;1-10(2)13-7-12(19)8-14(15(13)9-16(18)21)11-4-5-20-17(6-11)22-3;1-10(2)7(12)5-4-6(9-11(5)3)15(8,13)14/h7-11,13-14H,12H2,1-6H3,(H,28,31);4-8,10H,9H2,1-3H3;4H,1-3H3,(H2,8,13,14). The number of nitrogens with zero attached hydrogens (tertiary/aromatic N) is 8. The smallest absolute Gasteiger partial charge is 0.283 e. The van der Waals surface area contributed by atoms with Gasteiger partial charge in [-0.1, -0.05) is 27.7 Å². The molecule has 0 aliphatic rings. The summed E-state index contributed by atoms with van der Waals surface area (Å²) < 4.78 is 90.9. The van der Waals surface area contributed by atoms with Crippen molar-refractivity contribution in [3.05, 3.63) is 118 Å². The lowest BCUT2D eigenvalue weighted by Crippen LogP contribution is -2.32. The van der Waals surface area contributed by atoms with Crippen LogP contribution in [0.1, 0.15) is 82.8 Å². The number of sulfonamides is 2. The first-order valence-corrected chi connectivity index (χ1v) is 25.3. The topological polar surface area (TPSA) is 261 Å². The van der Waals surface area contributed by atoms with Crippen molar-refractivity contribution in [3.63, 3.8) is 0 Å². The van der Waals surface area contributed by atoms with E-state index in [1.807, 2.05) is 32.4 Å². The molecule has 3 N–H and O–H groups in total. The first-order chi connectivity index (χ1) is 34.0. The Morgan fingerprint density at radius 1 is 0.671 bits per heavy atom. The fraction of sp³-hybridized carbons (Fsp3) is 0.333. The third-order valence-corrected chi connectivity index (χ3v) is 12.8. The number of hydrogen-bond donors (Lipinski definition) is 2. The highest BCUT2D eigenvalue weighted by molar-refractivity contribution is 7.90. The average molecular weight is 1070 g/mol. The molecule has 0 aliphatic heterocycles. The van der Waals surface area contributed by atoms with E-state index in [9.17, 15) is 44.8 Å². The minimum absolute atomic E-state index is 0.0439. The van der Waals surface area contributed by atoms with Crippen molar-refractivity contribution in [2.45, 2.75) is 62.4 Å². The van der Waals surface area contributed by atoms with Crippen LogP contribution in [0.5, 0.6) is 11.8 Å². The van der Waals surface area contributed by atoms with Crippen LogP contribution in [-0.4, -0.2) is 122 Å². The predicted molar refractivity (Wildman–Crippen MR) is 268 cm³/mol. The van der Waals surface area contributed by atoms with E-state index < -0.39 is 47.9 Å². The molecule has 6 aromatic rings. The van der Waals surface area contributed by atoms with Crippen molar-refractivity contribution in [3.8, 4) is 34.0 Å². The Morgan fingerprint density at radius 2 is 1.07 bits per heavy atom. The lowest BCUT2D eigenvalue weighted by atomic mass is 9.88. The third kappa shape index (κ3) is 15.2. The molecule has 3 amide bonds. The van der Waals surface area contributed by atoms with E-state index in [2.05, 4.69) is 20.2 Å². The number of amides is 3. The van der Waals surface area contributed by atoms with Crippen molar-refractivity contribution in [1.29, 1.82) is 0 Å². The summed E-state index contributed by atoms with van der Waals surface area (Å²) in [5.74, 6) is -1.80. The Kier molecular flexibility index (Phi) is 19.6. The third-order valence-electron chi connectivity index (χ3n) is 10.7. The number of aromatic nitrogens is 6. The number of carbonyl (C=O) groups is 4. The molecule has 0 fully saturated rings. The number of benzene rings is 2. The van der Waals surface area contributed by atoms with E-state index in [-0.39, 0.29) is 52.8 Å². The van der Waals surface area contributed by atoms with E-state index >= 15 is 0 Å². The maximum absolute atomic E-state index is 14.5. The number of aryl methyl sites for hydroxylation is 2. The lowest BCUT2D eigenvalue weighted by molar-refractivity contribution is -0.118. The van der Waals surface area contributed by atoms with E-state index in [4.69, 9.17) is 26.2 Å². The first-order valence-electron chi connectivity index (χ1n) is 21.9. The number of nitrogens with two attached hydrogens (primary N) is 1. The van der Waals surface area contributed by atoms with Crippen LogP contribution in [0.4, 0.5) is 8.78 Å². The second-order valence-electron chi connectivity index (χ2n) is 17.2. The molecule has 392 valence electrons. The fourth-order valence-electron chi connectivity index (χ4n) is 7.18. The zero-order valence-corrected chi connectivity index (χ0v) is 44.6. The van der Waals surface area contributed by atoms with Crippen LogP contribution in [-0.2, 0) is 56.6 Å². The van der Waals surface area contributed by atoms with Crippen LogP contribution >= 0.6 is 11.6 Å². The molecule has 4 heterocycles. The summed E-state index contributed by atoms with van der Waals surface area (Å²) in [4.78, 5) is 58.9. The molecule has 0 unspecified atom stereocenters. The van der Waals surface area contributed by atoms with Gasteiger partial charge in [0.05, 0.1) is 20.6 Å². The molecule has 0 saturated heterocycles. The van der Waals surface area contributed by atoms with E-state index in [0.717, 1.165) is 33.5 Å². The van der Waals surface area contributed by atoms with Gasteiger partial charge >= 0.3 is 0 Å². The number of methoxy groups -OCH3 is 2. The second-order valence-corrected chi connectivity index (χ2v) is 20.7. The van der Waals surface area contributed by atoms with Crippen LogP contribution in [0, 0.1) is 11.6 Å². The minimum atomic E-state index is -4.38. The van der Waals surface area contributed by atoms with Gasteiger partial charge in [0.25, 0.3) is 31.9 Å². The highest BCUT2D eigenvalue weighted by Gasteiger charge is 2.27. The molecule has 2 aromatic carbocycles. The molecule has 20 nitrogen and oxygen atoms in total. The van der Waals surface area contributed by atoms with Gasteiger partial charge in [0.2, 0.25) is 22.9 Å². The molecule has 73 heavy (non-hydrogen) atoms. The van der Waals surface area contributed by atoms with Crippen molar-refractivity contribution in [1.82, 2.24) is 44.1 Å². The summed E-state index contributed by atoms with van der Waals surface area (Å²) in [6.07, 6.45) is 2.79. The molecule has 0 radical (unpaired) electrons. The number of rotatable bonds is 15. The Balaban J connectivity index is 0.000000264. The molecular formula is C48H57ClF2N10O10S2.